The molecule has 12 rings (SSSR count). The first-order valence-corrected chi connectivity index (χ1v) is 26.1. The maximum Gasteiger partial charge on any atom is 0.252 e. The van der Waals surface area contributed by atoms with Gasteiger partial charge in [0.05, 0.1) is 11.2 Å². The van der Waals surface area contributed by atoms with Crippen LogP contribution >= 0.6 is 0 Å². The summed E-state index contributed by atoms with van der Waals surface area (Å²) in [6, 6.07) is 66.1. The molecule has 2 unspecified atom stereocenters. The van der Waals surface area contributed by atoms with E-state index in [-0.39, 0.29) is 33.9 Å². The minimum Gasteiger partial charge on any atom is -0.330 e. The van der Waals surface area contributed by atoms with Gasteiger partial charge in [0.2, 0.25) is 0 Å². The van der Waals surface area contributed by atoms with E-state index in [2.05, 4.69) is 268 Å². The lowest BCUT2D eigenvalue weighted by Crippen LogP contribution is -2.61. The zero-order valence-corrected chi connectivity index (χ0v) is 44.0. The van der Waals surface area contributed by atoms with Crippen LogP contribution in [0.15, 0.2) is 170 Å². The van der Waals surface area contributed by atoms with Gasteiger partial charge in [-0.25, -0.2) is 0 Å². The molecule has 3 nitrogen and oxygen atoms in total. The zero-order chi connectivity index (χ0) is 49.6. The fourth-order valence-corrected chi connectivity index (χ4v) is 13.1. The van der Waals surface area contributed by atoms with E-state index >= 15 is 0 Å². The van der Waals surface area contributed by atoms with Gasteiger partial charge in [-0.2, -0.15) is 0 Å². The fourth-order valence-electron chi connectivity index (χ4n) is 13.1. The first-order valence-electron chi connectivity index (χ1n) is 26.1. The van der Waals surface area contributed by atoms with Gasteiger partial charge >= 0.3 is 0 Å². The van der Waals surface area contributed by atoms with E-state index in [0.29, 0.717) is 0 Å². The standard InChI is InChI=1S/C67H68BN3/c1-43-38-60-62-61(39-43)70(56-34-28-47(64(5,6)7)40-51(56)44-20-14-13-15-21-44)58-35-29-48(65(8,9)10)41-55(58)68(62)54-33-32-50(42-59(54)69(60)49-30-26-46(27-31-49)63(2,3)4)71-57-25-19-18-24-53(57)66(11)37-36-45-22-16-17-23-52(45)67(66,71)12/h13-35,38-42H,36-37H2,1-12H3. The summed E-state index contributed by atoms with van der Waals surface area (Å²) in [6.07, 6.45) is 2.17. The van der Waals surface area contributed by atoms with E-state index in [1.54, 1.807) is 0 Å². The van der Waals surface area contributed by atoms with Crippen molar-refractivity contribution < 1.29 is 0 Å². The molecular weight excluding hydrogens is 858 g/mol. The van der Waals surface area contributed by atoms with E-state index in [9.17, 15) is 0 Å². The van der Waals surface area contributed by atoms with Crippen molar-refractivity contribution in [1.29, 1.82) is 0 Å². The second-order valence-corrected chi connectivity index (χ2v) is 24.6. The number of aryl methyl sites for hydroxylation is 2. The number of fused-ring (bicyclic) bond motifs is 9. The average Bonchev–Trinajstić information content (AvgIpc) is 3.56. The zero-order valence-electron chi connectivity index (χ0n) is 44.0. The van der Waals surface area contributed by atoms with Crippen LogP contribution in [-0.2, 0) is 33.6 Å². The molecule has 0 bridgehead atoms. The normalized spacial score (nSPS) is 18.9. The van der Waals surface area contributed by atoms with Crippen LogP contribution in [0.2, 0.25) is 0 Å². The Bertz CT molecular complexity index is 3440. The lowest BCUT2D eigenvalue weighted by atomic mass is 9.33. The highest BCUT2D eigenvalue weighted by Gasteiger charge is 2.60. The highest BCUT2D eigenvalue weighted by atomic mass is 15.3. The van der Waals surface area contributed by atoms with Crippen molar-refractivity contribution in [2.45, 2.75) is 123 Å². The number of benzene rings is 8. The van der Waals surface area contributed by atoms with Crippen LogP contribution in [-0.4, -0.2) is 6.71 Å². The molecule has 2 atom stereocenters. The smallest absolute Gasteiger partial charge is 0.252 e. The summed E-state index contributed by atoms with van der Waals surface area (Å²) < 4.78 is 0. The maximum absolute atomic E-state index is 2.72. The summed E-state index contributed by atoms with van der Waals surface area (Å²) in [7, 11) is 0. The summed E-state index contributed by atoms with van der Waals surface area (Å²) in [5.74, 6) is 0. The second-order valence-electron chi connectivity index (χ2n) is 24.6. The van der Waals surface area contributed by atoms with Crippen molar-refractivity contribution in [1.82, 2.24) is 0 Å². The van der Waals surface area contributed by atoms with Gasteiger partial charge in [0.1, 0.15) is 0 Å². The molecule has 8 aromatic carbocycles. The number of anilines is 8. The van der Waals surface area contributed by atoms with Crippen molar-refractivity contribution in [3.8, 4) is 11.1 Å². The lowest BCUT2D eigenvalue weighted by molar-refractivity contribution is 0.245. The lowest BCUT2D eigenvalue weighted by Gasteiger charge is -2.51. The topological polar surface area (TPSA) is 9.72 Å². The van der Waals surface area contributed by atoms with Gasteiger partial charge in [0.25, 0.3) is 6.71 Å². The molecule has 71 heavy (non-hydrogen) atoms. The van der Waals surface area contributed by atoms with Gasteiger partial charge in [0.15, 0.2) is 0 Å². The highest BCUT2D eigenvalue weighted by Crippen LogP contribution is 2.64. The summed E-state index contributed by atoms with van der Waals surface area (Å²) in [6.45, 7) is 28.3. The van der Waals surface area contributed by atoms with Crippen LogP contribution in [0.25, 0.3) is 11.1 Å². The molecule has 1 aliphatic carbocycles. The first-order chi connectivity index (χ1) is 33.8. The van der Waals surface area contributed by atoms with Crippen molar-refractivity contribution >= 4 is 68.6 Å². The highest BCUT2D eigenvalue weighted by molar-refractivity contribution is 7.00. The number of hydrogen-bond acceptors (Lipinski definition) is 3. The van der Waals surface area contributed by atoms with Crippen LogP contribution in [0.3, 0.4) is 0 Å². The van der Waals surface area contributed by atoms with Gasteiger partial charge in [-0.15, -0.1) is 0 Å². The third kappa shape index (κ3) is 6.76. The predicted octanol–water partition coefficient (Wildman–Crippen LogP) is 15.9. The van der Waals surface area contributed by atoms with Gasteiger partial charge < -0.3 is 14.7 Å². The molecule has 354 valence electrons. The summed E-state index contributed by atoms with van der Waals surface area (Å²) in [4.78, 5) is 7.95. The van der Waals surface area contributed by atoms with Crippen molar-refractivity contribution in [2.75, 3.05) is 14.7 Å². The Morgan fingerprint density at radius 3 is 1.72 bits per heavy atom. The van der Waals surface area contributed by atoms with E-state index in [0.717, 1.165) is 12.8 Å². The average molecular weight is 926 g/mol. The molecule has 0 saturated heterocycles. The number of rotatable bonds is 4. The molecular formula is C67H68BN3. The molecule has 4 aliphatic rings. The first kappa shape index (κ1) is 45.4. The monoisotopic (exact) mass is 926 g/mol. The van der Waals surface area contributed by atoms with E-state index in [4.69, 9.17) is 0 Å². The molecule has 0 saturated carbocycles. The minimum absolute atomic E-state index is 0.0144. The van der Waals surface area contributed by atoms with Crippen LogP contribution in [0, 0.1) is 6.92 Å². The van der Waals surface area contributed by atoms with Gasteiger partial charge in [-0.3, -0.25) is 0 Å². The summed E-state index contributed by atoms with van der Waals surface area (Å²) in [5, 5.41) is 0. The molecule has 0 N–H and O–H groups in total. The minimum atomic E-state index is -0.312. The van der Waals surface area contributed by atoms with Crippen LogP contribution in [0.4, 0.5) is 45.5 Å². The Morgan fingerprint density at radius 2 is 1.03 bits per heavy atom. The largest absolute Gasteiger partial charge is 0.330 e. The Labute approximate surface area is 424 Å². The SMILES string of the molecule is Cc1cc2c3c(c1)N(c1ccc(C(C)(C)C)cc1-c1ccccc1)c1ccc(C(C)(C)C)cc1B3c1ccc(N3c4ccccc4C4(C)CCc5ccccc5C34C)cc1N2c1ccc(C(C)(C)C)cc1. The van der Waals surface area contributed by atoms with E-state index < -0.39 is 0 Å². The predicted molar refractivity (Wildman–Crippen MR) is 305 cm³/mol. The fraction of sp³-hybridized carbons (Fsp3) is 0.284. The third-order valence-electron chi connectivity index (χ3n) is 17.2. The molecule has 0 radical (unpaired) electrons. The summed E-state index contributed by atoms with van der Waals surface area (Å²) in [5.41, 5.74) is 25.4. The Kier molecular flexibility index (Phi) is 9.98. The van der Waals surface area contributed by atoms with Crippen molar-refractivity contribution in [3.05, 3.63) is 209 Å². The number of para-hydroxylation sites is 1. The molecule has 4 heteroatoms. The van der Waals surface area contributed by atoms with Crippen LogP contribution < -0.4 is 31.1 Å². The molecule has 0 spiro atoms. The van der Waals surface area contributed by atoms with Crippen LogP contribution in [0.5, 0.6) is 0 Å². The quantitative estimate of drug-likeness (QED) is 0.163. The van der Waals surface area contributed by atoms with E-state index in [1.807, 2.05) is 0 Å². The number of nitrogens with zero attached hydrogens (tertiary/aromatic N) is 3. The van der Waals surface area contributed by atoms with Gasteiger partial charge in [-0.1, -0.05) is 178 Å². The Balaban J connectivity index is 1.16. The Morgan fingerprint density at radius 1 is 0.451 bits per heavy atom. The van der Waals surface area contributed by atoms with Gasteiger partial charge in [0, 0.05) is 50.8 Å². The maximum atomic E-state index is 2.72. The van der Waals surface area contributed by atoms with Gasteiger partial charge in [-0.05, 0) is 164 Å². The molecule has 3 aliphatic heterocycles. The second kappa shape index (κ2) is 15.6. The van der Waals surface area contributed by atoms with Crippen molar-refractivity contribution in [2.24, 2.45) is 0 Å². The molecule has 0 aromatic heterocycles. The molecule has 0 fully saturated rings. The number of hydrogen-bond donors (Lipinski definition) is 0. The molecule has 0 amide bonds. The van der Waals surface area contributed by atoms with Crippen molar-refractivity contribution in [3.63, 3.8) is 0 Å². The third-order valence-corrected chi connectivity index (χ3v) is 17.2. The molecule has 8 aromatic rings. The Hall–Kier alpha value is -6.78. The summed E-state index contributed by atoms with van der Waals surface area (Å²) >= 11 is 0. The molecule has 3 heterocycles. The van der Waals surface area contributed by atoms with Crippen LogP contribution in [0.1, 0.15) is 122 Å². The van der Waals surface area contributed by atoms with E-state index in [1.165, 1.54) is 112 Å².